The Kier molecular flexibility index (Phi) is 6.24. The SMILES string of the molecule is C#CCC(CC)NCCS(=O)(=O)c1ccc(C#N)cc1. The average molecular weight is 290 g/mol. The molecule has 4 nitrogen and oxygen atoms in total. The molecule has 0 aromatic heterocycles. The minimum atomic E-state index is -3.33. The lowest BCUT2D eigenvalue weighted by Crippen LogP contribution is -2.32. The van der Waals surface area contributed by atoms with Crippen LogP contribution in [-0.2, 0) is 9.84 Å². The second-order valence-electron chi connectivity index (χ2n) is 4.42. The highest BCUT2D eigenvalue weighted by Gasteiger charge is 2.14. The molecular weight excluding hydrogens is 272 g/mol. The van der Waals surface area contributed by atoms with Crippen LogP contribution < -0.4 is 5.32 Å². The lowest BCUT2D eigenvalue weighted by atomic mass is 10.1. The minimum absolute atomic E-state index is 0.0139. The number of nitrogens with zero attached hydrogens (tertiary/aromatic N) is 1. The van der Waals surface area contributed by atoms with E-state index in [0.717, 1.165) is 6.42 Å². The van der Waals surface area contributed by atoms with Crippen LogP contribution in [0.3, 0.4) is 0 Å². The zero-order valence-electron chi connectivity index (χ0n) is 11.5. The van der Waals surface area contributed by atoms with Crippen LogP contribution in [0.15, 0.2) is 29.2 Å². The molecule has 0 amide bonds. The first-order valence-electron chi connectivity index (χ1n) is 6.43. The van der Waals surface area contributed by atoms with Gasteiger partial charge in [-0.15, -0.1) is 12.3 Å². The summed E-state index contributed by atoms with van der Waals surface area (Å²) < 4.78 is 24.2. The van der Waals surface area contributed by atoms with Gasteiger partial charge in [0.1, 0.15) is 0 Å². The predicted octanol–water partition coefficient (Wildman–Crippen LogP) is 1.72. The van der Waals surface area contributed by atoms with Gasteiger partial charge in [0.15, 0.2) is 9.84 Å². The number of sulfone groups is 1. The molecule has 0 aliphatic carbocycles. The topological polar surface area (TPSA) is 70.0 Å². The molecule has 0 bridgehead atoms. The highest BCUT2D eigenvalue weighted by atomic mass is 32.2. The molecule has 0 heterocycles. The van der Waals surface area contributed by atoms with Crippen molar-refractivity contribution in [3.63, 3.8) is 0 Å². The fourth-order valence-electron chi connectivity index (χ4n) is 1.76. The quantitative estimate of drug-likeness (QED) is 0.776. The molecule has 5 heteroatoms. The van der Waals surface area contributed by atoms with Gasteiger partial charge in [-0.05, 0) is 30.7 Å². The fourth-order valence-corrected chi connectivity index (χ4v) is 2.93. The van der Waals surface area contributed by atoms with Gasteiger partial charge in [-0.2, -0.15) is 5.26 Å². The molecule has 1 aromatic carbocycles. The summed E-state index contributed by atoms with van der Waals surface area (Å²) >= 11 is 0. The first-order valence-corrected chi connectivity index (χ1v) is 8.08. The number of benzene rings is 1. The lowest BCUT2D eigenvalue weighted by Gasteiger charge is -2.14. The van der Waals surface area contributed by atoms with Crippen LogP contribution in [0.25, 0.3) is 0 Å². The van der Waals surface area contributed by atoms with Crippen molar-refractivity contribution < 1.29 is 8.42 Å². The maximum absolute atomic E-state index is 12.1. The number of hydrogen-bond donors (Lipinski definition) is 1. The third-order valence-electron chi connectivity index (χ3n) is 3.00. The van der Waals surface area contributed by atoms with Crippen LogP contribution in [0.5, 0.6) is 0 Å². The molecule has 1 rings (SSSR count). The van der Waals surface area contributed by atoms with Crippen molar-refractivity contribution in [2.45, 2.75) is 30.7 Å². The van der Waals surface area contributed by atoms with Crippen molar-refractivity contribution in [1.82, 2.24) is 5.32 Å². The number of rotatable bonds is 7. The molecule has 1 unspecified atom stereocenters. The van der Waals surface area contributed by atoms with E-state index < -0.39 is 9.84 Å². The molecule has 0 aliphatic rings. The summed E-state index contributed by atoms with van der Waals surface area (Å²) in [4.78, 5) is 0.239. The molecule has 106 valence electrons. The van der Waals surface area contributed by atoms with E-state index in [9.17, 15) is 8.42 Å². The number of nitriles is 1. The van der Waals surface area contributed by atoms with Gasteiger partial charge < -0.3 is 5.32 Å². The van der Waals surface area contributed by atoms with Crippen molar-refractivity contribution in [2.24, 2.45) is 0 Å². The maximum atomic E-state index is 12.1. The Morgan fingerprint density at radius 3 is 2.50 bits per heavy atom. The first-order chi connectivity index (χ1) is 9.53. The van der Waals surface area contributed by atoms with Gasteiger partial charge >= 0.3 is 0 Å². The van der Waals surface area contributed by atoms with E-state index in [4.69, 9.17) is 11.7 Å². The van der Waals surface area contributed by atoms with Gasteiger partial charge in [0, 0.05) is 19.0 Å². The van der Waals surface area contributed by atoms with Crippen LogP contribution in [0.4, 0.5) is 0 Å². The molecule has 0 radical (unpaired) electrons. The average Bonchev–Trinajstić information content (AvgIpc) is 2.46. The van der Waals surface area contributed by atoms with Gasteiger partial charge in [0.2, 0.25) is 0 Å². The van der Waals surface area contributed by atoms with Gasteiger partial charge in [-0.3, -0.25) is 0 Å². The van der Waals surface area contributed by atoms with Crippen LogP contribution in [-0.4, -0.2) is 26.8 Å². The van der Waals surface area contributed by atoms with Gasteiger partial charge in [-0.25, -0.2) is 8.42 Å². The summed E-state index contributed by atoms with van der Waals surface area (Å²) in [5.74, 6) is 2.58. The molecule has 1 aromatic rings. The summed E-state index contributed by atoms with van der Waals surface area (Å²) in [6, 6.07) is 8.05. The van der Waals surface area contributed by atoms with E-state index in [0.29, 0.717) is 18.5 Å². The van der Waals surface area contributed by atoms with Crippen molar-refractivity contribution in [1.29, 1.82) is 5.26 Å². The maximum Gasteiger partial charge on any atom is 0.179 e. The lowest BCUT2D eigenvalue weighted by molar-refractivity contribution is 0.519. The summed E-state index contributed by atoms with van der Waals surface area (Å²) in [5.41, 5.74) is 0.446. The largest absolute Gasteiger partial charge is 0.312 e. The Morgan fingerprint density at radius 1 is 1.35 bits per heavy atom. The molecule has 0 aliphatic heterocycles. The highest BCUT2D eigenvalue weighted by molar-refractivity contribution is 7.91. The van der Waals surface area contributed by atoms with E-state index in [-0.39, 0.29) is 16.7 Å². The van der Waals surface area contributed by atoms with Crippen LogP contribution >= 0.6 is 0 Å². The summed E-state index contributed by atoms with van der Waals surface area (Å²) in [5, 5.41) is 11.8. The van der Waals surface area contributed by atoms with E-state index in [1.165, 1.54) is 24.3 Å². The summed E-state index contributed by atoms with van der Waals surface area (Å²) in [6.07, 6.45) is 6.70. The van der Waals surface area contributed by atoms with E-state index >= 15 is 0 Å². The van der Waals surface area contributed by atoms with Crippen LogP contribution in [0, 0.1) is 23.7 Å². The zero-order valence-corrected chi connectivity index (χ0v) is 12.3. The van der Waals surface area contributed by atoms with Gasteiger partial charge in [-0.1, -0.05) is 6.92 Å². The highest BCUT2D eigenvalue weighted by Crippen LogP contribution is 2.12. The van der Waals surface area contributed by atoms with E-state index in [1.54, 1.807) is 0 Å². The van der Waals surface area contributed by atoms with Crippen molar-refractivity contribution >= 4 is 9.84 Å². The number of nitrogens with one attached hydrogen (secondary N) is 1. The zero-order chi connectivity index (χ0) is 15.0. The second-order valence-corrected chi connectivity index (χ2v) is 6.53. The molecule has 1 atom stereocenters. The molecule has 20 heavy (non-hydrogen) atoms. The Labute approximate surface area is 120 Å². The van der Waals surface area contributed by atoms with Crippen LogP contribution in [0.2, 0.25) is 0 Å². The molecular formula is C15H18N2O2S. The first kappa shape index (κ1) is 16.2. The summed E-state index contributed by atoms with van der Waals surface area (Å²) in [7, 11) is -3.33. The Bertz CT molecular complexity index is 607. The summed E-state index contributed by atoms with van der Waals surface area (Å²) in [6.45, 7) is 2.37. The number of terminal acetylenes is 1. The molecule has 0 saturated heterocycles. The van der Waals surface area contributed by atoms with Gasteiger partial charge in [0.25, 0.3) is 0 Å². The van der Waals surface area contributed by atoms with Crippen molar-refractivity contribution in [3.05, 3.63) is 29.8 Å². The third kappa shape index (κ3) is 4.70. The molecule has 0 fully saturated rings. The van der Waals surface area contributed by atoms with Crippen molar-refractivity contribution in [2.75, 3.05) is 12.3 Å². The van der Waals surface area contributed by atoms with Gasteiger partial charge in [0.05, 0.1) is 22.3 Å². The molecule has 0 saturated carbocycles. The normalized spacial score (nSPS) is 12.3. The Hall–Kier alpha value is -1.82. The third-order valence-corrected chi connectivity index (χ3v) is 4.74. The van der Waals surface area contributed by atoms with E-state index in [2.05, 4.69) is 11.2 Å². The molecule has 0 spiro atoms. The van der Waals surface area contributed by atoms with Crippen molar-refractivity contribution in [3.8, 4) is 18.4 Å². The Morgan fingerprint density at radius 2 is 2.00 bits per heavy atom. The van der Waals surface area contributed by atoms with Crippen LogP contribution in [0.1, 0.15) is 25.3 Å². The monoisotopic (exact) mass is 290 g/mol. The fraction of sp³-hybridized carbons (Fsp3) is 0.400. The minimum Gasteiger partial charge on any atom is -0.312 e. The van der Waals surface area contributed by atoms with E-state index in [1.807, 2.05) is 13.0 Å². The standard InChI is InChI=1S/C15H18N2O2S/c1-3-5-14(4-2)17-10-11-20(18,19)15-8-6-13(12-16)7-9-15/h1,6-9,14,17H,4-5,10-11H2,2H3. The Balaban J connectivity index is 2.62. The predicted molar refractivity (Wildman–Crippen MR) is 78.7 cm³/mol. The molecule has 1 N–H and O–H groups in total. The smallest absolute Gasteiger partial charge is 0.179 e. The number of hydrogen-bond acceptors (Lipinski definition) is 4. The second kappa shape index (κ2) is 7.69.